The molecule has 6 nitrogen and oxygen atoms in total. The van der Waals surface area contributed by atoms with E-state index in [1.165, 1.54) is 6.07 Å². The fraction of sp³-hybridized carbons (Fsp3) is 0.130. The van der Waals surface area contributed by atoms with Gasteiger partial charge in [-0.05, 0) is 52.6 Å². The van der Waals surface area contributed by atoms with Crippen molar-refractivity contribution in [2.24, 2.45) is 0 Å². The van der Waals surface area contributed by atoms with E-state index in [9.17, 15) is 13.7 Å². The fourth-order valence-corrected chi connectivity index (χ4v) is 3.79. The van der Waals surface area contributed by atoms with E-state index in [-0.39, 0.29) is 12.3 Å². The minimum absolute atomic E-state index is 0.0682. The maximum absolute atomic E-state index is 14.7. The van der Waals surface area contributed by atoms with E-state index < -0.39 is 29.6 Å². The Bertz CT molecular complexity index is 1220. The van der Waals surface area contributed by atoms with Gasteiger partial charge in [0, 0.05) is 17.3 Å². The van der Waals surface area contributed by atoms with Gasteiger partial charge in [0.2, 0.25) is 0 Å². The molecule has 2 aromatic heterocycles. The average molecular weight is 438 g/mol. The van der Waals surface area contributed by atoms with Crippen molar-refractivity contribution in [3.8, 4) is 22.4 Å². The van der Waals surface area contributed by atoms with Crippen molar-refractivity contribution in [1.29, 1.82) is 0 Å². The third-order valence-corrected chi connectivity index (χ3v) is 5.71. The molecule has 158 valence electrons. The Morgan fingerprint density at radius 3 is 2.32 bits per heavy atom. The van der Waals surface area contributed by atoms with Crippen LogP contribution in [0.5, 0.6) is 0 Å². The van der Waals surface area contributed by atoms with Crippen LogP contribution in [-0.2, 0) is 27.3 Å². The number of nitrogens with one attached hydrogen (secondary N) is 1. The third kappa shape index (κ3) is 4.77. The largest absolute Gasteiger partial charge is 0.612 e. The molecular formula is C23H19FN2O4S. The van der Waals surface area contributed by atoms with Crippen LogP contribution in [0.25, 0.3) is 33.4 Å². The summed E-state index contributed by atoms with van der Waals surface area (Å²) in [5.74, 6) is -1.52. The first-order valence-corrected chi connectivity index (χ1v) is 11.0. The van der Waals surface area contributed by atoms with E-state index in [0.717, 1.165) is 16.0 Å². The summed E-state index contributed by atoms with van der Waals surface area (Å²) in [4.78, 5) is 18.7. The lowest BCUT2D eigenvalue weighted by molar-refractivity contribution is -0.142. The van der Waals surface area contributed by atoms with E-state index in [1.807, 2.05) is 48.5 Å². The van der Waals surface area contributed by atoms with Crippen molar-refractivity contribution < 1.29 is 23.6 Å². The lowest BCUT2D eigenvalue weighted by Gasteiger charge is -2.07. The van der Waals surface area contributed by atoms with Crippen molar-refractivity contribution in [3.05, 3.63) is 72.2 Å². The molecule has 4 rings (SSSR count). The number of H-pyrrole nitrogens is 1. The molecule has 1 unspecified atom stereocenters. The molecule has 4 aromatic rings. The molecule has 8 heteroatoms. The zero-order chi connectivity index (χ0) is 22.0. The maximum Gasteiger partial charge on any atom is 0.329 e. The van der Waals surface area contributed by atoms with Gasteiger partial charge in [-0.15, -0.1) is 0 Å². The van der Waals surface area contributed by atoms with E-state index >= 15 is 0 Å². The van der Waals surface area contributed by atoms with Crippen LogP contribution in [0.3, 0.4) is 0 Å². The number of rotatable bonds is 7. The minimum Gasteiger partial charge on any atom is -0.612 e. The van der Waals surface area contributed by atoms with Gasteiger partial charge < -0.3 is 19.4 Å². The number of benzene rings is 2. The molecule has 0 aliphatic heterocycles. The molecule has 0 amide bonds. The number of halogens is 1. The van der Waals surface area contributed by atoms with E-state index in [2.05, 4.69) is 9.97 Å². The van der Waals surface area contributed by atoms with Crippen LogP contribution in [0.15, 0.2) is 65.6 Å². The smallest absolute Gasteiger partial charge is 0.329 e. The molecule has 0 fully saturated rings. The maximum atomic E-state index is 14.7. The Labute approximate surface area is 180 Å². The van der Waals surface area contributed by atoms with Gasteiger partial charge in [0.1, 0.15) is 18.6 Å². The SMILES string of the molecule is C[S+]([O-])c1ccc(-c2ccc(-c3nc4cc(COCC(=O)O)[nH]c4cc3F)cc2)cc1. The van der Waals surface area contributed by atoms with Gasteiger partial charge in [-0.25, -0.2) is 14.2 Å². The van der Waals surface area contributed by atoms with E-state index in [0.29, 0.717) is 22.3 Å². The van der Waals surface area contributed by atoms with E-state index in [1.54, 1.807) is 12.3 Å². The average Bonchev–Trinajstić information content (AvgIpc) is 3.14. The summed E-state index contributed by atoms with van der Waals surface area (Å²) < 4.78 is 31.3. The molecule has 31 heavy (non-hydrogen) atoms. The van der Waals surface area contributed by atoms with Crippen molar-refractivity contribution in [2.75, 3.05) is 12.9 Å². The second kappa shape index (κ2) is 8.89. The van der Waals surface area contributed by atoms with Crippen molar-refractivity contribution in [1.82, 2.24) is 9.97 Å². The highest BCUT2D eigenvalue weighted by Crippen LogP contribution is 2.28. The Balaban J connectivity index is 1.57. The molecule has 0 aliphatic rings. The van der Waals surface area contributed by atoms with Gasteiger partial charge in [-0.3, -0.25) is 0 Å². The van der Waals surface area contributed by atoms with E-state index in [4.69, 9.17) is 9.84 Å². The molecule has 1 atom stereocenters. The second-order valence-corrected chi connectivity index (χ2v) is 8.37. The number of hydrogen-bond donors (Lipinski definition) is 2. The predicted molar refractivity (Wildman–Crippen MR) is 117 cm³/mol. The number of fused-ring (bicyclic) bond motifs is 1. The molecule has 0 aliphatic carbocycles. The summed E-state index contributed by atoms with van der Waals surface area (Å²) >= 11 is -1.03. The quantitative estimate of drug-likeness (QED) is 0.418. The standard InChI is InChI=1S/C23H19FN2O4S/c1-31(29)18-8-6-15(7-9-18)14-2-4-16(5-3-14)23-19(24)11-21-20(26-23)10-17(25-21)12-30-13-22(27)28/h2-11,25H,12-13H2,1H3,(H,27,28). The predicted octanol–water partition coefficient (Wildman–Crippen LogP) is 4.37. The molecule has 2 N–H and O–H groups in total. The van der Waals surface area contributed by atoms with Gasteiger partial charge >= 0.3 is 5.97 Å². The van der Waals surface area contributed by atoms with Crippen LogP contribution in [0.4, 0.5) is 4.39 Å². The molecule has 2 heterocycles. The Morgan fingerprint density at radius 2 is 1.71 bits per heavy atom. The molecule has 0 saturated heterocycles. The van der Waals surface area contributed by atoms with Gasteiger partial charge in [0.05, 0.1) is 17.6 Å². The lowest BCUT2D eigenvalue weighted by Crippen LogP contribution is -2.06. The van der Waals surface area contributed by atoms with Crippen LogP contribution in [0, 0.1) is 5.82 Å². The van der Waals surface area contributed by atoms with Crippen molar-refractivity contribution in [3.63, 3.8) is 0 Å². The second-order valence-electron chi connectivity index (χ2n) is 6.99. The number of hydrogen-bond acceptors (Lipinski definition) is 4. The van der Waals surface area contributed by atoms with Gasteiger partial charge in [0.15, 0.2) is 10.7 Å². The first-order valence-electron chi connectivity index (χ1n) is 9.42. The zero-order valence-corrected chi connectivity index (χ0v) is 17.4. The summed E-state index contributed by atoms with van der Waals surface area (Å²) in [6, 6.07) is 18.0. The number of pyridine rings is 1. The van der Waals surface area contributed by atoms with Crippen LogP contribution in [0.1, 0.15) is 5.69 Å². The first kappa shape index (κ1) is 21.0. The summed E-state index contributed by atoms with van der Waals surface area (Å²) in [6.07, 6.45) is 1.64. The number of nitrogens with zero attached hydrogens (tertiary/aromatic N) is 1. The number of aliphatic carboxylic acids is 1. The first-order chi connectivity index (χ1) is 14.9. The van der Waals surface area contributed by atoms with Gasteiger partial charge in [-0.1, -0.05) is 24.3 Å². The molecule has 0 radical (unpaired) electrons. The van der Waals surface area contributed by atoms with Crippen LogP contribution < -0.4 is 0 Å². The minimum atomic E-state index is -1.05. The normalized spacial score (nSPS) is 12.2. The molecule has 0 spiro atoms. The number of aromatic amines is 1. The summed E-state index contributed by atoms with van der Waals surface area (Å²) in [5, 5.41) is 8.65. The number of carboxylic acids is 1. The molecule has 2 aromatic carbocycles. The van der Waals surface area contributed by atoms with Crippen LogP contribution in [0.2, 0.25) is 0 Å². The number of aromatic nitrogens is 2. The molecular weight excluding hydrogens is 419 g/mol. The summed E-state index contributed by atoms with van der Waals surface area (Å²) in [6.45, 7) is -0.341. The summed E-state index contributed by atoms with van der Waals surface area (Å²) in [5.41, 5.74) is 4.50. The van der Waals surface area contributed by atoms with Gasteiger partial charge in [0.25, 0.3) is 0 Å². The molecule has 0 bridgehead atoms. The topological polar surface area (TPSA) is 98.3 Å². The number of carbonyl (C=O) groups is 1. The molecule has 0 saturated carbocycles. The zero-order valence-electron chi connectivity index (χ0n) is 16.6. The Morgan fingerprint density at radius 1 is 1.10 bits per heavy atom. The summed E-state index contributed by atoms with van der Waals surface area (Å²) in [7, 11) is 0. The highest BCUT2D eigenvalue weighted by molar-refractivity contribution is 7.90. The highest BCUT2D eigenvalue weighted by atomic mass is 32.2. The van der Waals surface area contributed by atoms with Crippen molar-refractivity contribution in [2.45, 2.75) is 11.5 Å². The van der Waals surface area contributed by atoms with Gasteiger partial charge in [-0.2, -0.15) is 0 Å². The highest BCUT2D eigenvalue weighted by Gasteiger charge is 2.12. The van der Waals surface area contributed by atoms with Crippen molar-refractivity contribution >= 4 is 28.2 Å². The Kier molecular flexibility index (Phi) is 6.03. The monoisotopic (exact) mass is 438 g/mol. The number of ether oxygens (including phenoxy) is 1. The number of carboxylic acid groups (broad SMARTS) is 1. The third-order valence-electron chi connectivity index (χ3n) is 4.77. The Hall–Kier alpha value is -3.20. The fourth-order valence-electron chi connectivity index (χ4n) is 3.28. The van der Waals surface area contributed by atoms with Crippen LogP contribution in [-0.4, -0.2) is 38.5 Å². The van der Waals surface area contributed by atoms with Crippen LogP contribution >= 0.6 is 0 Å². The lowest BCUT2D eigenvalue weighted by atomic mass is 10.0.